The minimum atomic E-state index is -3.49. The standard InChI is InChI=1S/C12H17BrN2O3S/c1-15(9-10-8-14-6-7-18-10)19(16,17)12-5-3-2-4-11(12)13/h2-5,10,14H,6-9H2,1H3. The number of nitrogens with one attached hydrogen (secondary N) is 1. The Bertz CT molecular complexity index is 530. The van der Waals surface area contributed by atoms with Crippen LogP contribution in [-0.4, -0.2) is 52.1 Å². The van der Waals surface area contributed by atoms with E-state index in [0.29, 0.717) is 24.2 Å². The molecule has 5 nitrogen and oxygen atoms in total. The molecule has 1 aliphatic heterocycles. The van der Waals surface area contributed by atoms with Gasteiger partial charge in [-0.15, -0.1) is 0 Å². The Labute approximate surface area is 122 Å². The molecule has 0 spiro atoms. The van der Waals surface area contributed by atoms with Crippen molar-refractivity contribution in [3.63, 3.8) is 0 Å². The van der Waals surface area contributed by atoms with E-state index < -0.39 is 10.0 Å². The summed E-state index contributed by atoms with van der Waals surface area (Å²) in [5.74, 6) is 0. The summed E-state index contributed by atoms with van der Waals surface area (Å²) < 4.78 is 32.3. The molecule has 0 aliphatic carbocycles. The van der Waals surface area contributed by atoms with Crippen LogP contribution in [0.4, 0.5) is 0 Å². The summed E-state index contributed by atoms with van der Waals surface area (Å²) in [6.45, 7) is 2.46. The fourth-order valence-corrected chi connectivity index (χ4v) is 4.11. The summed E-state index contributed by atoms with van der Waals surface area (Å²) in [5, 5.41) is 3.19. The van der Waals surface area contributed by atoms with Crippen molar-refractivity contribution in [1.82, 2.24) is 9.62 Å². The van der Waals surface area contributed by atoms with Gasteiger partial charge in [0.2, 0.25) is 10.0 Å². The van der Waals surface area contributed by atoms with Gasteiger partial charge in [-0.05, 0) is 28.1 Å². The molecule has 0 amide bonds. The smallest absolute Gasteiger partial charge is 0.244 e. The van der Waals surface area contributed by atoms with Crippen LogP contribution in [0.15, 0.2) is 33.6 Å². The number of halogens is 1. The van der Waals surface area contributed by atoms with Gasteiger partial charge >= 0.3 is 0 Å². The number of hydrogen-bond acceptors (Lipinski definition) is 4. The monoisotopic (exact) mass is 348 g/mol. The molecule has 19 heavy (non-hydrogen) atoms. The summed E-state index contributed by atoms with van der Waals surface area (Å²) in [6.07, 6.45) is -0.101. The van der Waals surface area contributed by atoms with Crippen LogP contribution >= 0.6 is 15.9 Å². The highest BCUT2D eigenvalue weighted by Gasteiger charge is 2.26. The van der Waals surface area contributed by atoms with E-state index in [1.807, 2.05) is 0 Å². The molecule has 0 aromatic heterocycles. The molecule has 1 atom stereocenters. The van der Waals surface area contributed by atoms with Crippen LogP contribution in [-0.2, 0) is 14.8 Å². The maximum atomic E-state index is 12.4. The lowest BCUT2D eigenvalue weighted by Gasteiger charge is -2.27. The second kappa shape index (κ2) is 6.32. The summed E-state index contributed by atoms with van der Waals surface area (Å²) in [4.78, 5) is 0.279. The molecule has 2 rings (SSSR count). The first-order chi connectivity index (χ1) is 9.01. The maximum Gasteiger partial charge on any atom is 0.244 e. The Balaban J connectivity index is 2.13. The second-order valence-electron chi connectivity index (χ2n) is 4.41. The number of sulfonamides is 1. The molecule has 1 aromatic carbocycles. The second-order valence-corrected chi connectivity index (χ2v) is 7.28. The minimum absolute atomic E-state index is 0.101. The third-order valence-corrected chi connectivity index (χ3v) is 5.83. The Morgan fingerprint density at radius 2 is 2.21 bits per heavy atom. The van der Waals surface area contributed by atoms with E-state index in [1.165, 1.54) is 4.31 Å². The Hall–Kier alpha value is -0.470. The van der Waals surface area contributed by atoms with Crippen LogP contribution in [0.3, 0.4) is 0 Å². The Morgan fingerprint density at radius 3 is 2.84 bits per heavy atom. The molecule has 1 aromatic rings. The number of morpholine rings is 1. The Morgan fingerprint density at radius 1 is 1.47 bits per heavy atom. The number of rotatable bonds is 4. The number of nitrogens with zero attached hydrogens (tertiary/aromatic N) is 1. The minimum Gasteiger partial charge on any atom is -0.374 e. The van der Waals surface area contributed by atoms with E-state index in [-0.39, 0.29) is 11.0 Å². The van der Waals surface area contributed by atoms with Crippen molar-refractivity contribution in [3.8, 4) is 0 Å². The number of likely N-dealkylation sites (N-methyl/N-ethyl adjacent to an activating group) is 1. The first-order valence-corrected chi connectivity index (χ1v) is 8.28. The van der Waals surface area contributed by atoms with Crippen molar-refractivity contribution < 1.29 is 13.2 Å². The molecular formula is C12H17BrN2O3S. The van der Waals surface area contributed by atoms with Crippen molar-refractivity contribution >= 4 is 26.0 Å². The molecule has 1 N–H and O–H groups in total. The quantitative estimate of drug-likeness (QED) is 0.883. The normalized spacial score (nSPS) is 20.7. The first kappa shape index (κ1) is 14.9. The zero-order chi connectivity index (χ0) is 13.9. The number of benzene rings is 1. The van der Waals surface area contributed by atoms with Gasteiger partial charge in [0, 0.05) is 31.2 Å². The largest absolute Gasteiger partial charge is 0.374 e. The van der Waals surface area contributed by atoms with Gasteiger partial charge in [-0.25, -0.2) is 8.42 Å². The third kappa shape index (κ3) is 3.55. The van der Waals surface area contributed by atoms with E-state index >= 15 is 0 Å². The van der Waals surface area contributed by atoms with Gasteiger partial charge in [0.1, 0.15) is 0 Å². The van der Waals surface area contributed by atoms with Crippen molar-refractivity contribution in [2.24, 2.45) is 0 Å². The molecule has 7 heteroatoms. The van der Waals surface area contributed by atoms with Gasteiger partial charge in [-0.3, -0.25) is 0 Å². The lowest BCUT2D eigenvalue weighted by molar-refractivity contribution is 0.0206. The van der Waals surface area contributed by atoms with Gasteiger partial charge in [0.15, 0.2) is 0 Å². The highest BCUT2D eigenvalue weighted by atomic mass is 79.9. The molecule has 1 unspecified atom stereocenters. The zero-order valence-electron chi connectivity index (χ0n) is 10.7. The molecule has 1 fully saturated rings. The SMILES string of the molecule is CN(CC1CNCCO1)S(=O)(=O)c1ccccc1Br. The van der Waals surface area contributed by atoms with Crippen LogP contribution in [0, 0.1) is 0 Å². The van der Waals surface area contributed by atoms with E-state index in [0.717, 1.165) is 6.54 Å². The van der Waals surface area contributed by atoms with Crippen molar-refractivity contribution in [2.45, 2.75) is 11.0 Å². The summed E-state index contributed by atoms with van der Waals surface area (Å²) in [5.41, 5.74) is 0. The molecule has 1 saturated heterocycles. The molecule has 106 valence electrons. The Kier molecular flexibility index (Phi) is 4.97. The highest BCUT2D eigenvalue weighted by Crippen LogP contribution is 2.24. The van der Waals surface area contributed by atoms with E-state index in [1.54, 1.807) is 31.3 Å². The molecule has 0 bridgehead atoms. The average Bonchev–Trinajstić information content (AvgIpc) is 2.40. The van der Waals surface area contributed by atoms with Crippen LogP contribution in [0.25, 0.3) is 0 Å². The summed E-state index contributed by atoms with van der Waals surface area (Å²) in [6, 6.07) is 6.82. The predicted octanol–water partition coefficient (Wildman–Crippen LogP) is 1.06. The van der Waals surface area contributed by atoms with Crippen molar-refractivity contribution in [2.75, 3.05) is 33.3 Å². The fraction of sp³-hybridized carbons (Fsp3) is 0.500. The van der Waals surface area contributed by atoms with Crippen LogP contribution in [0.2, 0.25) is 0 Å². The van der Waals surface area contributed by atoms with Crippen LogP contribution < -0.4 is 5.32 Å². The molecule has 0 saturated carbocycles. The lowest BCUT2D eigenvalue weighted by Crippen LogP contribution is -2.45. The van der Waals surface area contributed by atoms with Crippen LogP contribution in [0.1, 0.15) is 0 Å². The van der Waals surface area contributed by atoms with Gasteiger partial charge in [-0.1, -0.05) is 12.1 Å². The van der Waals surface area contributed by atoms with E-state index in [4.69, 9.17) is 4.74 Å². The van der Waals surface area contributed by atoms with Crippen molar-refractivity contribution in [1.29, 1.82) is 0 Å². The molecule has 0 radical (unpaired) electrons. The van der Waals surface area contributed by atoms with Crippen molar-refractivity contribution in [3.05, 3.63) is 28.7 Å². The van der Waals surface area contributed by atoms with Gasteiger partial charge < -0.3 is 10.1 Å². The van der Waals surface area contributed by atoms with E-state index in [9.17, 15) is 8.42 Å². The summed E-state index contributed by atoms with van der Waals surface area (Å²) >= 11 is 3.28. The highest BCUT2D eigenvalue weighted by molar-refractivity contribution is 9.10. The zero-order valence-corrected chi connectivity index (χ0v) is 13.1. The average molecular weight is 349 g/mol. The number of ether oxygens (including phenoxy) is 1. The molecule has 1 aliphatic rings. The third-order valence-electron chi connectivity index (χ3n) is 2.99. The number of hydrogen-bond donors (Lipinski definition) is 1. The lowest BCUT2D eigenvalue weighted by atomic mass is 10.3. The maximum absolute atomic E-state index is 12.4. The van der Waals surface area contributed by atoms with Gasteiger partial charge in [0.05, 0.1) is 17.6 Å². The summed E-state index contributed by atoms with van der Waals surface area (Å²) in [7, 11) is -1.91. The predicted molar refractivity (Wildman–Crippen MR) is 76.6 cm³/mol. The first-order valence-electron chi connectivity index (χ1n) is 6.05. The molecule has 1 heterocycles. The van der Waals surface area contributed by atoms with Gasteiger partial charge in [0.25, 0.3) is 0 Å². The van der Waals surface area contributed by atoms with E-state index in [2.05, 4.69) is 21.2 Å². The van der Waals surface area contributed by atoms with Crippen LogP contribution in [0.5, 0.6) is 0 Å². The van der Waals surface area contributed by atoms with Gasteiger partial charge in [-0.2, -0.15) is 4.31 Å². The topological polar surface area (TPSA) is 58.6 Å². The fourth-order valence-electron chi connectivity index (χ4n) is 1.94. The molecular weight excluding hydrogens is 332 g/mol.